The van der Waals surface area contributed by atoms with E-state index in [0.29, 0.717) is 5.91 Å². The van der Waals surface area contributed by atoms with Gasteiger partial charge < -0.3 is 4.90 Å². The van der Waals surface area contributed by atoms with Gasteiger partial charge in [0.05, 0.1) is 13.2 Å². The van der Waals surface area contributed by atoms with Crippen molar-refractivity contribution in [2.75, 3.05) is 14.1 Å². The molecule has 0 aromatic carbocycles. The van der Waals surface area contributed by atoms with Gasteiger partial charge in [-0.2, -0.15) is 0 Å². The fourth-order valence-electron chi connectivity index (χ4n) is 2.33. The van der Waals surface area contributed by atoms with E-state index < -0.39 is 0 Å². The first-order valence-corrected chi connectivity index (χ1v) is 7.01. The number of nitrogens with one attached hydrogen (secondary N) is 1. The molecule has 14 heavy (non-hydrogen) atoms. The van der Waals surface area contributed by atoms with Crippen LogP contribution in [0.15, 0.2) is 12.4 Å². The molecule has 2 unspecified atom stereocenters. The van der Waals surface area contributed by atoms with Gasteiger partial charge in [0.1, 0.15) is 6.20 Å². The van der Waals surface area contributed by atoms with Crippen LogP contribution in [-0.2, 0) is 0 Å². The van der Waals surface area contributed by atoms with Gasteiger partial charge in [0, 0.05) is 7.05 Å². The monoisotopic (exact) mass is 215 g/mol. The zero-order valence-electron chi connectivity index (χ0n) is 10.3. The lowest BCUT2D eigenvalue weighted by Crippen LogP contribution is -3.08. The third kappa shape index (κ3) is 2.29. The lowest BCUT2D eigenvalue weighted by molar-refractivity contribution is -0.840. The Balaban J connectivity index is 2.78. The number of nitrogens with zero attached hydrogens (tertiary/aromatic N) is 1. The van der Waals surface area contributed by atoms with Crippen molar-refractivity contribution < 1.29 is 4.90 Å². The van der Waals surface area contributed by atoms with Crippen molar-refractivity contribution in [3.8, 4) is 0 Å². The molecule has 3 heteroatoms. The molecule has 0 saturated heterocycles. The highest BCUT2D eigenvalue weighted by atomic mass is 31.1. The second-order valence-electron chi connectivity index (χ2n) is 4.73. The van der Waals surface area contributed by atoms with Gasteiger partial charge in [-0.15, -0.1) is 0 Å². The maximum atomic E-state index is 2.39. The fraction of sp³-hybridized carbons (Fsp3) is 0.818. The molecular formula is C11H24N2P+. The highest BCUT2D eigenvalue weighted by molar-refractivity contribution is 7.59. The van der Waals surface area contributed by atoms with Crippen LogP contribution in [0.2, 0.25) is 0 Å². The lowest BCUT2D eigenvalue weighted by atomic mass is 10.5. The molecule has 0 aromatic heterocycles. The van der Waals surface area contributed by atoms with Gasteiger partial charge in [-0.3, -0.25) is 4.90 Å². The smallest absolute Gasteiger partial charge is 0.184 e. The van der Waals surface area contributed by atoms with Crippen molar-refractivity contribution in [2.45, 2.75) is 44.9 Å². The van der Waals surface area contributed by atoms with Crippen molar-refractivity contribution in [3.05, 3.63) is 12.4 Å². The summed E-state index contributed by atoms with van der Waals surface area (Å²) < 4.78 is 0. The molecular weight excluding hydrogens is 191 g/mol. The van der Waals surface area contributed by atoms with Crippen LogP contribution in [-0.4, -0.2) is 36.2 Å². The van der Waals surface area contributed by atoms with E-state index in [1.54, 1.807) is 4.90 Å². The van der Waals surface area contributed by atoms with Crippen LogP contribution in [0.3, 0.4) is 0 Å². The summed E-state index contributed by atoms with van der Waals surface area (Å²) in [6, 6.07) is 0. The third-order valence-electron chi connectivity index (χ3n) is 2.84. The van der Waals surface area contributed by atoms with Gasteiger partial charge in [-0.1, -0.05) is 27.7 Å². The van der Waals surface area contributed by atoms with E-state index in [4.69, 9.17) is 0 Å². The maximum absolute atomic E-state index is 2.39. The Labute approximate surface area is 89.7 Å². The minimum absolute atomic E-state index is 0.0679. The van der Waals surface area contributed by atoms with Crippen LogP contribution in [0, 0.1) is 0 Å². The molecule has 1 rings (SSSR count). The SMILES string of the molecule is CC(C)P(C(C)C)C1N(C)C=C[NH+]1C. The fourth-order valence-corrected chi connectivity index (χ4v) is 5.71. The van der Waals surface area contributed by atoms with Crippen molar-refractivity contribution in [2.24, 2.45) is 0 Å². The first kappa shape index (κ1) is 12.0. The topological polar surface area (TPSA) is 7.68 Å². The lowest BCUT2D eigenvalue weighted by Gasteiger charge is -2.36. The number of quaternary nitrogens is 1. The number of hydrogen-bond donors (Lipinski definition) is 1. The largest absolute Gasteiger partial charge is 0.323 e. The van der Waals surface area contributed by atoms with Crippen molar-refractivity contribution >= 4 is 7.92 Å². The van der Waals surface area contributed by atoms with Gasteiger partial charge in [0.25, 0.3) is 0 Å². The number of hydrogen-bond acceptors (Lipinski definition) is 1. The summed E-state index contributed by atoms with van der Waals surface area (Å²) in [5, 5.41) is 0. The first-order valence-electron chi connectivity index (χ1n) is 5.46. The molecule has 0 aliphatic carbocycles. The van der Waals surface area contributed by atoms with Crippen LogP contribution < -0.4 is 4.90 Å². The summed E-state index contributed by atoms with van der Waals surface area (Å²) in [5.74, 6) is 0.685. The minimum atomic E-state index is 0.0679. The van der Waals surface area contributed by atoms with Gasteiger partial charge >= 0.3 is 0 Å². The van der Waals surface area contributed by atoms with Gasteiger partial charge in [0.15, 0.2) is 5.91 Å². The van der Waals surface area contributed by atoms with Gasteiger partial charge in [-0.05, 0) is 19.2 Å². The van der Waals surface area contributed by atoms with Crippen LogP contribution in [0.5, 0.6) is 0 Å². The molecule has 1 aliphatic rings. The Morgan fingerprint density at radius 1 is 1.21 bits per heavy atom. The minimum Gasteiger partial charge on any atom is -0.323 e. The highest BCUT2D eigenvalue weighted by Gasteiger charge is 2.37. The molecule has 0 spiro atoms. The zero-order chi connectivity index (χ0) is 10.9. The predicted molar refractivity (Wildman–Crippen MR) is 64.8 cm³/mol. The molecule has 1 aliphatic heterocycles. The molecule has 0 amide bonds. The summed E-state index contributed by atoms with van der Waals surface area (Å²) in [7, 11) is 4.54. The summed E-state index contributed by atoms with van der Waals surface area (Å²) in [6.07, 6.45) is 4.49. The van der Waals surface area contributed by atoms with Crippen molar-refractivity contribution in [1.29, 1.82) is 0 Å². The summed E-state index contributed by atoms with van der Waals surface area (Å²) in [5.41, 5.74) is 1.62. The molecule has 2 atom stereocenters. The summed E-state index contributed by atoms with van der Waals surface area (Å²) in [6.45, 7) is 9.46. The Morgan fingerprint density at radius 2 is 1.71 bits per heavy atom. The molecule has 82 valence electrons. The Morgan fingerprint density at radius 3 is 2.00 bits per heavy atom. The maximum Gasteiger partial charge on any atom is 0.184 e. The molecule has 0 bridgehead atoms. The van der Waals surface area contributed by atoms with Crippen LogP contribution in [0.1, 0.15) is 27.7 Å². The Bertz CT molecular complexity index is 193. The highest BCUT2D eigenvalue weighted by Crippen LogP contribution is 2.49. The van der Waals surface area contributed by atoms with E-state index in [1.165, 1.54) is 0 Å². The molecule has 0 aromatic rings. The van der Waals surface area contributed by atoms with Crippen molar-refractivity contribution in [1.82, 2.24) is 4.90 Å². The van der Waals surface area contributed by atoms with Crippen LogP contribution in [0.25, 0.3) is 0 Å². The first-order chi connectivity index (χ1) is 6.45. The van der Waals surface area contributed by atoms with E-state index >= 15 is 0 Å². The third-order valence-corrected chi connectivity index (χ3v) is 6.56. The van der Waals surface area contributed by atoms with Crippen LogP contribution in [0.4, 0.5) is 0 Å². The van der Waals surface area contributed by atoms with E-state index in [-0.39, 0.29) is 7.92 Å². The van der Waals surface area contributed by atoms with E-state index in [2.05, 4.69) is 59.1 Å². The molecule has 1 heterocycles. The summed E-state index contributed by atoms with van der Waals surface area (Å²) in [4.78, 5) is 3.93. The molecule has 2 nitrogen and oxygen atoms in total. The van der Waals surface area contributed by atoms with E-state index in [1.807, 2.05) is 0 Å². The van der Waals surface area contributed by atoms with E-state index in [0.717, 1.165) is 11.3 Å². The average Bonchev–Trinajstić information content (AvgIpc) is 2.34. The molecule has 0 fully saturated rings. The Kier molecular flexibility index (Phi) is 3.97. The second kappa shape index (κ2) is 4.63. The van der Waals surface area contributed by atoms with Crippen LogP contribution >= 0.6 is 7.92 Å². The standard InChI is InChI=1S/C11H23N2P/c1-9(2)14(10(3)4)11-12(5)7-8-13(11)6/h7-11H,1-6H3/p+1. The van der Waals surface area contributed by atoms with E-state index in [9.17, 15) is 0 Å². The molecule has 0 radical (unpaired) electrons. The quantitative estimate of drug-likeness (QED) is 0.701. The zero-order valence-corrected chi connectivity index (χ0v) is 11.2. The summed E-state index contributed by atoms with van der Waals surface area (Å²) >= 11 is 0. The molecule has 0 saturated carbocycles. The predicted octanol–water partition coefficient (Wildman–Crippen LogP) is 1.50. The number of rotatable bonds is 3. The molecule has 1 N–H and O–H groups in total. The van der Waals surface area contributed by atoms with Gasteiger partial charge in [-0.25, -0.2) is 0 Å². The second-order valence-corrected chi connectivity index (χ2v) is 8.18. The van der Waals surface area contributed by atoms with Crippen molar-refractivity contribution in [3.63, 3.8) is 0 Å². The Hall–Kier alpha value is -0.0700. The normalized spacial score (nSPS) is 27.4. The van der Waals surface area contributed by atoms with Gasteiger partial charge in [0.2, 0.25) is 0 Å². The average molecular weight is 215 g/mol.